The lowest BCUT2D eigenvalue weighted by Gasteiger charge is -2.27. The van der Waals surface area contributed by atoms with Gasteiger partial charge in [0.15, 0.2) is 21.3 Å². The Kier molecular flexibility index (Phi) is 6.27. The number of aromatic nitrogens is 5. The number of benzene rings is 1. The third kappa shape index (κ3) is 4.59. The predicted octanol–water partition coefficient (Wildman–Crippen LogP) is 4.86. The van der Waals surface area contributed by atoms with Gasteiger partial charge in [0.05, 0.1) is 16.2 Å². The minimum atomic E-state index is -3.52. The number of hydrogen-bond acceptors (Lipinski definition) is 8. The first-order valence-electron chi connectivity index (χ1n) is 12.0. The summed E-state index contributed by atoms with van der Waals surface area (Å²) in [5.74, 6) is 1.74. The van der Waals surface area contributed by atoms with Crippen molar-refractivity contribution in [3.05, 3.63) is 53.7 Å². The zero-order valence-corrected chi connectivity index (χ0v) is 21.4. The van der Waals surface area contributed by atoms with Gasteiger partial charge < -0.3 is 9.26 Å². The summed E-state index contributed by atoms with van der Waals surface area (Å²) in [6.07, 6.45) is 6.03. The van der Waals surface area contributed by atoms with Crippen LogP contribution in [-0.2, 0) is 9.84 Å². The van der Waals surface area contributed by atoms with Crippen LogP contribution in [0.15, 0.2) is 39.9 Å². The van der Waals surface area contributed by atoms with E-state index >= 15 is 0 Å². The van der Waals surface area contributed by atoms with Gasteiger partial charge >= 0.3 is 0 Å². The lowest BCUT2D eigenvalue weighted by Crippen LogP contribution is -2.24. The molecule has 0 bridgehead atoms. The summed E-state index contributed by atoms with van der Waals surface area (Å²) in [4.78, 5) is 8.89. The maximum Gasteiger partial charge on any atom is 0.229 e. The van der Waals surface area contributed by atoms with Crippen LogP contribution in [0.3, 0.4) is 0 Å². The minimum absolute atomic E-state index is 0.0157. The maximum atomic E-state index is 15.0. The second-order valence-electron chi connectivity index (χ2n) is 9.63. The molecule has 0 saturated heterocycles. The summed E-state index contributed by atoms with van der Waals surface area (Å²) in [7, 11) is -3.52. The van der Waals surface area contributed by atoms with E-state index in [1.807, 2.05) is 13.8 Å². The van der Waals surface area contributed by atoms with E-state index in [1.165, 1.54) is 12.1 Å². The summed E-state index contributed by atoms with van der Waals surface area (Å²) in [6, 6.07) is 5.61. The molecule has 0 unspecified atom stereocenters. The monoisotopic (exact) mass is 513 g/mol. The van der Waals surface area contributed by atoms with E-state index in [0.717, 1.165) is 43.8 Å². The van der Waals surface area contributed by atoms with Gasteiger partial charge in [0.2, 0.25) is 11.8 Å². The molecule has 0 spiro atoms. The maximum absolute atomic E-state index is 15.0. The van der Waals surface area contributed by atoms with Gasteiger partial charge in [-0.15, -0.1) is 0 Å². The number of halogens is 1. The molecule has 1 saturated carbocycles. The van der Waals surface area contributed by atoms with Crippen LogP contribution in [0.2, 0.25) is 0 Å². The molecule has 1 aliphatic rings. The Morgan fingerprint density at radius 1 is 1.17 bits per heavy atom. The van der Waals surface area contributed by atoms with Crippen LogP contribution < -0.4 is 4.74 Å². The Labute approximate surface area is 208 Å². The minimum Gasteiger partial charge on any atom is -0.474 e. The van der Waals surface area contributed by atoms with Crippen molar-refractivity contribution in [3.63, 3.8) is 0 Å². The topological polar surface area (TPSA) is 112 Å². The molecule has 5 rings (SSSR count). The Hall–Kier alpha value is -3.34. The number of aryl methyl sites for hydroxylation is 1. The van der Waals surface area contributed by atoms with E-state index in [1.54, 1.807) is 23.7 Å². The van der Waals surface area contributed by atoms with Crippen LogP contribution >= 0.6 is 0 Å². The lowest BCUT2D eigenvalue weighted by atomic mass is 9.87. The zero-order chi connectivity index (χ0) is 25.6. The SMILES string of the molecule is Cc1nn2c(OC3CCC(c4nc(C(C)C)no4)CC3)ccnc2c1-c1ccc(S(C)(=O)=O)cc1F. The van der Waals surface area contributed by atoms with Crippen molar-refractivity contribution in [2.75, 3.05) is 6.26 Å². The summed E-state index contributed by atoms with van der Waals surface area (Å²) in [6.45, 7) is 5.84. The number of hydrogen-bond donors (Lipinski definition) is 0. The Morgan fingerprint density at radius 2 is 1.92 bits per heavy atom. The molecule has 1 aliphatic carbocycles. The lowest BCUT2D eigenvalue weighted by molar-refractivity contribution is 0.130. The highest BCUT2D eigenvalue weighted by molar-refractivity contribution is 7.90. The van der Waals surface area contributed by atoms with E-state index in [0.29, 0.717) is 28.7 Å². The summed E-state index contributed by atoms with van der Waals surface area (Å²) in [5.41, 5.74) is 1.74. The first-order chi connectivity index (χ1) is 17.1. The average Bonchev–Trinajstić information content (AvgIpc) is 3.45. The molecule has 9 nitrogen and oxygen atoms in total. The average molecular weight is 514 g/mol. The van der Waals surface area contributed by atoms with Gasteiger partial charge in [-0.05, 0) is 50.8 Å². The molecule has 0 atom stereocenters. The molecule has 1 fully saturated rings. The fourth-order valence-electron chi connectivity index (χ4n) is 4.61. The van der Waals surface area contributed by atoms with Crippen LogP contribution in [0.4, 0.5) is 4.39 Å². The normalized spacial score (nSPS) is 18.7. The van der Waals surface area contributed by atoms with Crippen LogP contribution in [0.25, 0.3) is 16.8 Å². The third-order valence-electron chi connectivity index (χ3n) is 6.58. The van der Waals surface area contributed by atoms with Gasteiger partial charge in [-0.3, -0.25) is 0 Å². The first kappa shape index (κ1) is 24.4. The van der Waals surface area contributed by atoms with Crippen molar-refractivity contribution in [1.29, 1.82) is 0 Å². The molecule has 36 heavy (non-hydrogen) atoms. The van der Waals surface area contributed by atoms with Crippen molar-refractivity contribution >= 4 is 15.5 Å². The van der Waals surface area contributed by atoms with Crippen LogP contribution in [0, 0.1) is 12.7 Å². The molecule has 3 aromatic heterocycles. The van der Waals surface area contributed by atoms with Gasteiger partial charge in [-0.2, -0.15) is 14.6 Å². The van der Waals surface area contributed by atoms with E-state index in [2.05, 4.69) is 20.2 Å². The van der Waals surface area contributed by atoms with Crippen molar-refractivity contribution in [3.8, 4) is 17.0 Å². The highest BCUT2D eigenvalue weighted by Crippen LogP contribution is 2.36. The molecule has 190 valence electrons. The molecule has 0 amide bonds. The van der Waals surface area contributed by atoms with Crippen LogP contribution in [-0.4, -0.2) is 45.5 Å². The molecule has 0 radical (unpaired) electrons. The smallest absolute Gasteiger partial charge is 0.229 e. The Bertz CT molecular complexity index is 1520. The highest BCUT2D eigenvalue weighted by Gasteiger charge is 2.29. The molecule has 0 aliphatic heterocycles. The standard InChI is InChI=1S/C25H28FN5O4S/c1-14(2)23-28-25(35-30-23)16-5-7-17(8-6-16)34-21-11-12-27-24-22(15(3)29-31(21)24)19-10-9-18(13-20(19)26)36(4,32)33/h9-14,16-17H,5-8H2,1-4H3. The molecule has 0 N–H and O–H groups in total. The first-order valence-corrected chi connectivity index (χ1v) is 13.9. The second-order valence-corrected chi connectivity index (χ2v) is 11.6. The second kappa shape index (κ2) is 9.27. The summed E-state index contributed by atoms with van der Waals surface area (Å²) in [5, 5.41) is 8.64. The zero-order valence-electron chi connectivity index (χ0n) is 20.6. The van der Waals surface area contributed by atoms with E-state index in [-0.39, 0.29) is 28.4 Å². The van der Waals surface area contributed by atoms with Gasteiger partial charge in [-0.25, -0.2) is 17.8 Å². The molecule has 1 aromatic carbocycles. The van der Waals surface area contributed by atoms with Crippen molar-refractivity contribution in [2.24, 2.45) is 0 Å². The summed E-state index contributed by atoms with van der Waals surface area (Å²) < 4.78 is 51.9. The summed E-state index contributed by atoms with van der Waals surface area (Å²) >= 11 is 0. The number of ether oxygens (including phenoxy) is 1. The Morgan fingerprint density at radius 3 is 2.56 bits per heavy atom. The number of fused-ring (bicyclic) bond motifs is 1. The van der Waals surface area contributed by atoms with Crippen LogP contribution in [0.5, 0.6) is 5.88 Å². The molecule has 3 heterocycles. The van der Waals surface area contributed by atoms with E-state index < -0.39 is 15.7 Å². The van der Waals surface area contributed by atoms with Crippen molar-refractivity contribution in [1.82, 2.24) is 24.7 Å². The highest BCUT2D eigenvalue weighted by atomic mass is 32.2. The molecule has 11 heteroatoms. The molecule has 4 aromatic rings. The van der Waals surface area contributed by atoms with E-state index in [9.17, 15) is 12.8 Å². The third-order valence-corrected chi connectivity index (χ3v) is 7.69. The van der Waals surface area contributed by atoms with Gasteiger partial charge in [0, 0.05) is 35.9 Å². The Balaban J connectivity index is 1.37. The quantitative estimate of drug-likeness (QED) is 0.359. The van der Waals surface area contributed by atoms with Crippen LogP contribution in [0.1, 0.15) is 68.8 Å². The van der Waals surface area contributed by atoms with Gasteiger partial charge in [0.25, 0.3) is 0 Å². The predicted molar refractivity (Wildman–Crippen MR) is 130 cm³/mol. The molecular weight excluding hydrogens is 485 g/mol. The van der Waals surface area contributed by atoms with Gasteiger partial charge in [-0.1, -0.05) is 19.0 Å². The van der Waals surface area contributed by atoms with Crippen molar-refractivity contribution < 1.29 is 22.1 Å². The fraction of sp³-hybridized carbons (Fsp3) is 0.440. The number of rotatable bonds is 6. The molecular formula is C25H28FN5O4S. The number of sulfone groups is 1. The fourth-order valence-corrected chi connectivity index (χ4v) is 5.24. The van der Waals surface area contributed by atoms with Crippen molar-refractivity contribution in [2.45, 2.75) is 69.3 Å². The number of nitrogens with zero attached hydrogens (tertiary/aromatic N) is 5. The van der Waals surface area contributed by atoms with Gasteiger partial charge in [0.1, 0.15) is 11.9 Å². The van der Waals surface area contributed by atoms with E-state index in [4.69, 9.17) is 9.26 Å². The largest absolute Gasteiger partial charge is 0.474 e.